The van der Waals surface area contributed by atoms with E-state index in [2.05, 4.69) is 35.8 Å². The monoisotopic (exact) mass is 307 g/mol. The van der Waals surface area contributed by atoms with Crippen molar-refractivity contribution in [3.05, 3.63) is 77.4 Å². The average molecular weight is 307 g/mol. The van der Waals surface area contributed by atoms with E-state index < -0.39 is 0 Å². The van der Waals surface area contributed by atoms with Gasteiger partial charge in [-0.1, -0.05) is 36.5 Å². The molecule has 0 aliphatic carbocycles. The molecule has 0 saturated carbocycles. The van der Waals surface area contributed by atoms with Crippen molar-refractivity contribution in [2.75, 3.05) is 0 Å². The maximum atomic E-state index is 5.88. The Kier molecular flexibility index (Phi) is 4.35. The van der Waals surface area contributed by atoms with Gasteiger partial charge in [0.25, 0.3) is 0 Å². The van der Waals surface area contributed by atoms with E-state index in [4.69, 9.17) is 4.74 Å². The van der Waals surface area contributed by atoms with Crippen molar-refractivity contribution < 1.29 is 4.74 Å². The second-order valence-electron chi connectivity index (χ2n) is 4.92. The lowest BCUT2D eigenvalue weighted by molar-refractivity contribution is 0.501. The van der Waals surface area contributed by atoms with Crippen LogP contribution in [0.5, 0.6) is 5.75 Å². The summed E-state index contributed by atoms with van der Waals surface area (Å²) in [7, 11) is 0. The third kappa shape index (κ3) is 3.43. The second-order valence-corrected chi connectivity index (χ2v) is 6.07. The van der Waals surface area contributed by atoms with Crippen LogP contribution in [-0.4, -0.2) is 4.98 Å². The first-order chi connectivity index (χ1) is 10.7. The molecule has 2 nitrogen and oxygen atoms in total. The molecule has 2 aromatic carbocycles. The van der Waals surface area contributed by atoms with Gasteiger partial charge in [-0.25, -0.2) is 0 Å². The van der Waals surface area contributed by atoms with Crippen molar-refractivity contribution in [1.29, 1.82) is 0 Å². The summed E-state index contributed by atoms with van der Waals surface area (Å²) in [5.41, 5.74) is 0. The highest BCUT2D eigenvalue weighted by atomic mass is 32.2. The number of hydrogen-bond acceptors (Lipinski definition) is 2. The SMILES string of the molecule is C=c1cc[nH]/c1=C(/C)Oc1ccc(Sc2ccccc2)cc1. The molecule has 0 fully saturated rings. The Labute approximate surface area is 134 Å². The molecule has 1 heterocycles. The molecule has 0 aliphatic rings. The van der Waals surface area contributed by atoms with Crippen LogP contribution in [0.2, 0.25) is 0 Å². The molecule has 0 amide bonds. The number of benzene rings is 2. The molecule has 1 aromatic heterocycles. The van der Waals surface area contributed by atoms with Gasteiger partial charge in [0.05, 0.1) is 5.35 Å². The number of aromatic amines is 1. The predicted molar refractivity (Wildman–Crippen MR) is 92.3 cm³/mol. The molecule has 1 N–H and O–H groups in total. The lowest BCUT2D eigenvalue weighted by Gasteiger charge is -2.07. The van der Waals surface area contributed by atoms with Crippen LogP contribution in [0, 0.1) is 0 Å². The first-order valence-corrected chi connectivity index (χ1v) is 7.88. The van der Waals surface area contributed by atoms with Crippen LogP contribution in [0.25, 0.3) is 12.3 Å². The van der Waals surface area contributed by atoms with Crippen LogP contribution in [0.1, 0.15) is 6.92 Å². The first kappa shape index (κ1) is 14.5. The Balaban J connectivity index is 1.75. The molecule has 22 heavy (non-hydrogen) atoms. The van der Waals surface area contributed by atoms with E-state index in [1.54, 1.807) is 11.8 Å². The summed E-state index contributed by atoms with van der Waals surface area (Å²) >= 11 is 1.74. The summed E-state index contributed by atoms with van der Waals surface area (Å²) in [5.74, 6) is 1.64. The minimum Gasteiger partial charge on any atom is -0.460 e. The zero-order valence-corrected chi connectivity index (χ0v) is 13.2. The van der Waals surface area contributed by atoms with Crippen LogP contribution < -0.4 is 15.3 Å². The van der Waals surface area contributed by atoms with Gasteiger partial charge in [0, 0.05) is 16.0 Å². The van der Waals surface area contributed by atoms with E-state index in [1.807, 2.05) is 49.5 Å². The minimum absolute atomic E-state index is 0.818. The second kappa shape index (κ2) is 6.58. The fraction of sp³-hybridized carbons (Fsp3) is 0.0526. The van der Waals surface area contributed by atoms with Gasteiger partial charge in [-0.05, 0) is 54.6 Å². The summed E-state index contributed by atoms with van der Waals surface area (Å²) in [6, 6.07) is 20.4. The predicted octanol–water partition coefficient (Wildman–Crippen LogP) is 3.78. The molecular formula is C19H17NOS. The van der Waals surface area contributed by atoms with Crippen molar-refractivity contribution in [2.45, 2.75) is 16.7 Å². The topological polar surface area (TPSA) is 25.0 Å². The van der Waals surface area contributed by atoms with Crippen molar-refractivity contribution in [1.82, 2.24) is 4.98 Å². The van der Waals surface area contributed by atoms with E-state index in [-0.39, 0.29) is 0 Å². The normalized spacial score (nSPS) is 12.0. The smallest absolute Gasteiger partial charge is 0.127 e. The van der Waals surface area contributed by atoms with Crippen LogP contribution in [0.3, 0.4) is 0 Å². The first-order valence-electron chi connectivity index (χ1n) is 7.06. The highest BCUT2D eigenvalue weighted by Crippen LogP contribution is 2.28. The molecule has 0 spiro atoms. The molecule has 0 unspecified atom stereocenters. The summed E-state index contributed by atoms with van der Waals surface area (Å²) in [6.45, 7) is 5.91. The van der Waals surface area contributed by atoms with Crippen molar-refractivity contribution in [2.24, 2.45) is 0 Å². The zero-order valence-electron chi connectivity index (χ0n) is 12.4. The molecular weight excluding hydrogens is 290 g/mol. The minimum atomic E-state index is 0.818. The largest absolute Gasteiger partial charge is 0.460 e. The standard InChI is InChI=1S/C19H17NOS/c1-14-12-13-20-19(14)15(2)21-16-8-10-18(11-9-16)22-17-6-4-3-5-7-17/h3-13,20H,1H2,2H3/b19-15-. The van der Waals surface area contributed by atoms with Crippen LogP contribution in [0.15, 0.2) is 76.7 Å². The Bertz CT molecular complexity index is 850. The Morgan fingerprint density at radius 2 is 1.64 bits per heavy atom. The summed E-state index contributed by atoms with van der Waals surface area (Å²) < 4.78 is 5.88. The molecule has 3 aromatic rings. The Hall–Kier alpha value is -2.39. The lowest BCUT2D eigenvalue weighted by atomic mass is 10.3. The zero-order chi connectivity index (χ0) is 15.4. The molecule has 0 aliphatic heterocycles. The third-order valence-electron chi connectivity index (χ3n) is 3.26. The van der Waals surface area contributed by atoms with E-state index in [1.165, 1.54) is 9.79 Å². The maximum absolute atomic E-state index is 5.88. The number of nitrogens with one attached hydrogen (secondary N) is 1. The van der Waals surface area contributed by atoms with Crippen LogP contribution in [-0.2, 0) is 0 Å². The van der Waals surface area contributed by atoms with Gasteiger partial charge in [0.15, 0.2) is 0 Å². The maximum Gasteiger partial charge on any atom is 0.127 e. The summed E-state index contributed by atoms with van der Waals surface area (Å²) in [4.78, 5) is 5.56. The van der Waals surface area contributed by atoms with Gasteiger partial charge in [-0.3, -0.25) is 0 Å². The molecule has 0 radical (unpaired) electrons. The summed E-state index contributed by atoms with van der Waals surface area (Å²) in [5, 5.41) is 1.87. The number of H-pyrrole nitrogens is 1. The van der Waals surface area contributed by atoms with E-state index in [0.29, 0.717) is 0 Å². The number of rotatable bonds is 4. The Morgan fingerprint density at radius 1 is 0.955 bits per heavy atom. The quantitative estimate of drug-likeness (QED) is 0.793. The van der Waals surface area contributed by atoms with Crippen molar-refractivity contribution in [3.63, 3.8) is 0 Å². The Morgan fingerprint density at radius 3 is 2.27 bits per heavy atom. The fourth-order valence-corrected chi connectivity index (χ4v) is 3.00. The van der Waals surface area contributed by atoms with Crippen LogP contribution in [0.4, 0.5) is 0 Å². The van der Waals surface area contributed by atoms with Gasteiger partial charge in [0.2, 0.25) is 0 Å². The van der Waals surface area contributed by atoms with Crippen molar-refractivity contribution >= 4 is 24.1 Å². The van der Waals surface area contributed by atoms with E-state index in [9.17, 15) is 0 Å². The highest BCUT2D eigenvalue weighted by Gasteiger charge is 2.00. The van der Waals surface area contributed by atoms with Gasteiger partial charge in [-0.2, -0.15) is 0 Å². The average Bonchev–Trinajstić information content (AvgIpc) is 2.96. The van der Waals surface area contributed by atoms with Gasteiger partial charge in [0.1, 0.15) is 11.5 Å². The van der Waals surface area contributed by atoms with Gasteiger partial charge < -0.3 is 9.72 Å². The summed E-state index contributed by atoms with van der Waals surface area (Å²) in [6.07, 6.45) is 1.87. The lowest BCUT2D eigenvalue weighted by Crippen LogP contribution is -2.24. The highest BCUT2D eigenvalue weighted by molar-refractivity contribution is 7.99. The molecule has 3 heteroatoms. The van der Waals surface area contributed by atoms with E-state index >= 15 is 0 Å². The van der Waals surface area contributed by atoms with E-state index in [0.717, 1.165) is 22.1 Å². The molecule has 0 atom stereocenters. The van der Waals surface area contributed by atoms with Gasteiger partial charge >= 0.3 is 0 Å². The number of ether oxygens (including phenoxy) is 1. The van der Waals surface area contributed by atoms with Crippen LogP contribution >= 0.6 is 11.8 Å². The molecule has 110 valence electrons. The number of hydrogen-bond donors (Lipinski definition) is 1. The fourth-order valence-electron chi connectivity index (χ4n) is 2.16. The van der Waals surface area contributed by atoms with Gasteiger partial charge in [-0.15, -0.1) is 0 Å². The molecule has 3 rings (SSSR count). The number of aromatic nitrogens is 1. The third-order valence-corrected chi connectivity index (χ3v) is 4.27. The molecule has 0 saturated heterocycles. The molecule has 0 bridgehead atoms. The van der Waals surface area contributed by atoms with Crippen molar-refractivity contribution in [3.8, 4) is 5.75 Å².